The summed E-state index contributed by atoms with van der Waals surface area (Å²) < 4.78 is 5.52. The summed E-state index contributed by atoms with van der Waals surface area (Å²) in [5.41, 5.74) is 0.781. The number of carbonyl (C=O) groups excluding carboxylic acids is 2. The van der Waals surface area contributed by atoms with Crippen LogP contribution < -0.4 is 5.32 Å². The fraction of sp³-hybridized carbons (Fsp3) is 0.333. The largest absolute Gasteiger partial charge is 0.480 e. The van der Waals surface area contributed by atoms with Crippen molar-refractivity contribution in [3.05, 3.63) is 52.2 Å². The first-order valence-electron chi connectivity index (χ1n) is 10.4. The molecule has 0 aliphatic carbocycles. The van der Waals surface area contributed by atoms with Gasteiger partial charge in [0.15, 0.2) is 10.4 Å². The first-order valence-corrected chi connectivity index (χ1v) is 13.3. The van der Waals surface area contributed by atoms with Crippen LogP contribution in [-0.2, 0) is 30.5 Å². The van der Waals surface area contributed by atoms with Crippen molar-refractivity contribution < 1.29 is 39.2 Å². The number of β-lactam (4-membered cyclic amide) rings is 1. The summed E-state index contributed by atoms with van der Waals surface area (Å²) in [5.74, 6) is -3.07. The van der Waals surface area contributed by atoms with Crippen molar-refractivity contribution in [3.63, 3.8) is 0 Å². The lowest BCUT2D eigenvalue weighted by Crippen LogP contribution is -2.70. The highest BCUT2D eigenvalue weighted by molar-refractivity contribution is 8.01. The highest BCUT2D eigenvalue weighted by Gasteiger charge is 2.54. The Morgan fingerprint density at radius 3 is 2.67 bits per heavy atom. The van der Waals surface area contributed by atoms with Gasteiger partial charge in [0, 0.05) is 11.5 Å². The van der Waals surface area contributed by atoms with Crippen LogP contribution in [0.3, 0.4) is 0 Å². The summed E-state index contributed by atoms with van der Waals surface area (Å²) in [4.78, 5) is 49.0. The zero-order valence-corrected chi connectivity index (χ0v) is 20.8. The Labute approximate surface area is 216 Å². The topological polar surface area (TPSA) is 179 Å². The van der Waals surface area contributed by atoms with Gasteiger partial charge in [-0.1, -0.05) is 53.4 Å². The van der Waals surface area contributed by atoms with Crippen LogP contribution in [0.5, 0.6) is 0 Å². The van der Waals surface area contributed by atoms with Crippen LogP contribution in [-0.4, -0.2) is 83.7 Å². The molecule has 0 radical (unpaired) electrons. The van der Waals surface area contributed by atoms with Crippen molar-refractivity contribution >= 4 is 58.6 Å². The SMILES string of the molecule is O=C(O)COCc1nnc(SCC2=C(C(=O)O)N3C(=O)C(NC(=O)[C@H](O)c4ccccc4)[C@H]3SC2)s1. The third kappa shape index (κ3) is 5.70. The molecule has 2 aromatic rings. The molecule has 4 rings (SSSR count). The predicted molar refractivity (Wildman–Crippen MR) is 129 cm³/mol. The van der Waals surface area contributed by atoms with Crippen LogP contribution in [0.15, 0.2) is 45.9 Å². The minimum Gasteiger partial charge on any atom is -0.480 e. The lowest BCUT2D eigenvalue weighted by Gasteiger charge is -2.49. The number of benzene rings is 1. The van der Waals surface area contributed by atoms with Crippen molar-refractivity contribution in [1.82, 2.24) is 20.4 Å². The molecule has 0 spiro atoms. The highest BCUT2D eigenvalue weighted by atomic mass is 32.2. The summed E-state index contributed by atoms with van der Waals surface area (Å²) in [5, 5.41) is 39.0. The Bertz CT molecular complexity index is 1200. The number of aliphatic carboxylic acids is 2. The molecular formula is C21H20N4O8S3. The number of rotatable bonds is 11. The van der Waals surface area contributed by atoms with E-state index < -0.39 is 47.9 Å². The maximum atomic E-state index is 12.8. The van der Waals surface area contributed by atoms with E-state index in [4.69, 9.17) is 9.84 Å². The van der Waals surface area contributed by atoms with E-state index in [1.54, 1.807) is 30.3 Å². The van der Waals surface area contributed by atoms with Gasteiger partial charge in [0.05, 0.1) is 0 Å². The Kier molecular flexibility index (Phi) is 8.25. The Morgan fingerprint density at radius 2 is 1.97 bits per heavy atom. The van der Waals surface area contributed by atoms with E-state index in [2.05, 4.69) is 15.5 Å². The average Bonchev–Trinajstić information content (AvgIpc) is 3.32. The zero-order chi connectivity index (χ0) is 25.8. The van der Waals surface area contributed by atoms with E-state index >= 15 is 0 Å². The van der Waals surface area contributed by atoms with Crippen molar-refractivity contribution in [1.29, 1.82) is 0 Å². The van der Waals surface area contributed by atoms with E-state index in [0.717, 1.165) is 4.90 Å². The van der Waals surface area contributed by atoms with Gasteiger partial charge in [-0.25, -0.2) is 9.59 Å². The van der Waals surface area contributed by atoms with Crippen molar-refractivity contribution in [2.45, 2.75) is 28.5 Å². The minimum absolute atomic E-state index is 0.000507. The molecule has 1 unspecified atom stereocenters. The van der Waals surface area contributed by atoms with Gasteiger partial charge in [-0.15, -0.1) is 22.0 Å². The van der Waals surface area contributed by atoms with Crippen LogP contribution in [0.1, 0.15) is 16.7 Å². The molecule has 12 nitrogen and oxygen atoms in total. The number of thioether (sulfide) groups is 2. The van der Waals surface area contributed by atoms with Gasteiger partial charge in [0.2, 0.25) is 0 Å². The van der Waals surface area contributed by atoms with Crippen molar-refractivity contribution in [2.24, 2.45) is 0 Å². The highest BCUT2D eigenvalue weighted by Crippen LogP contribution is 2.42. The molecule has 190 valence electrons. The molecule has 36 heavy (non-hydrogen) atoms. The van der Waals surface area contributed by atoms with Gasteiger partial charge in [-0.2, -0.15) is 0 Å². The van der Waals surface area contributed by atoms with E-state index in [-0.39, 0.29) is 18.1 Å². The number of nitrogens with one attached hydrogen (secondary N) is 1. The van der Waals surface area contributed by atoms with Gasteiger partial charge in [-0.05, 0) is 11.1 Å². The number of aromatic nitrogens is 2. The number of hydrogen-bond donors (Lipinski definition) is 4. The molecule has 2 amide bonds. The number of carboxylic acids is 2. The van der Waals surface area contributed by atoms with Crippen molar-refractivity contribution in [2.75, 3.05) is 18.1 Å². The fourth-order valence-electron chi connectivity index (χ4n) is 3.54. The molecule has 15 heteroatoms. The second kappa shape index (κ2) is 11.4. The summed E-state index contributed by atoms with van der Waals surface area (Å²) >= 11 is 3.77. The van der Waals surface area contributed by atoms with Gasteiger partial charge in [-0.3, -0.25) is 14.5 Å². The monoisotopic (exact) mass is 552 g/mol. The molecule has 0 saturated carbocycles. The summed E-state index contributed by atoms with van der Waals surface area (Å²) in [6.07, 6.45) is -1.45. The maximum Gasteiger partial charge on any atom is 0.352 e. The van der Waals surface area contributed by atoms with Gasteiger partial charge < -0.3 is 25.4 Å². The van der Waals surface area contributed by atoms with Gasteiger partial charge in [0.1, 0.15) is 35.3 Å². The normalized spacial score (nSPS) is 19.9. The quantitative estimate of drug-likeness (QED) is 0.227. The Hall–Kier alpha value is -2.98. The number of carbonyl (C=O) groups is 4. The van der Waals surface area contributed by atoms with Gasteiger partial charge in [0.25, 0.3) is 11.8 Å². The zero-order valence-electron chi connectivity index (χ0n) is 18.4. The Morgan fingerprint density at radius 1 is 1.22 bits per heavy atom. The van der Waals surface area contributed by atoms with Crippen LogP contribution in [0.25, 0.3) is 0 Å². The first-order chi connectivity index (χ1) is 17.3. The molecule has 1 saturated heterocycles. The number of carboxylic acid groups (broad SMARTS) is 2. The molecule has 2 aliphatic rings. The maximum absolute atomic E-state index is 12.8. The van der Waals surface area contributed by atoms with Gasteiger partial charge >= 0.3 is 11.9 Å². The van der Waals surface area contributed by atoms with E-state index in [1.807, 2.05) is 0 Å². The molecule has 2 aliphatic heterocycles. The molecule has 1 fully saturated rings. The number of aliphatic hydroxyl groups is 1. The molecule has 1 aromatic heterocycles. The minimum atomic E-state index is -1.45. The number of ether oxygens (including phenoxy) is 1. The second-order valence-electron chi connectivity index (χ2n) is 7.60. The molecule has 3 atom stereocenters. The second-order valence-corrected chi connectivity index (χ2v) is 11.0. The van der Waals surface area contributed by atoms with Crippen LogP contribution in [0.4, 0.5) is 0 Å². The fourth-order valence-corrected chi connectivity index (χ4v) is 6.86. The smallest absolute Gasteiger partial charge is 0.352 e. The molecular weight excluding hydrogens is 532 g/mol. The third-order valence-corrected chi connectivity index (χ3v) is 8.64. The van der Waals surface area contributed by atoms with E-state index in [0.29, 0.717) is 26.2 Å². The summed E-state index contributed by atoms with van der Waals surface area (Å²) in [6, 6.07) is 7.34. The predicted octanol–water partition coefficient (Wildman–Crippen LogP) is 0.704. The molecule has 1 aromatic carbocycles. The van der Waals surface area contributed by atoms with E-state index in [9.17, 15) is 29.4 Å². The molecule has 0 bridgehead atoms. The summed E-state index contributed by atoms with van der Waals surface area (Å²) in [7, 11) is 0. The first kappa shape index (κ1) is 26.1. The number of hydrogen-bond acceptors (Lipinski definition) is 11. The lowest BCUT2D eigenvalue weighted by atomic mass is 10.0. The van der Waals surface area contributed by atoms with Crippen LogP contribution in [0.2, 0.25) is 0 Å². The lowest BCUT2D eigenvalue weighted by molar-refractivity contribution is -0.151. The van der Waals surface area contributed by atoms with Crippen molar-refractivity contribution in [3.8, 4) is 0 Å². The van der Waals surface area contributed by atoms with Crippen LogP contribution >= 0.6 is 34.9 Å². The van der Waals surface area contributed by atoms with Crippen LogP contribution in [0, 0.1) is 0 Å². The number of fused-ring (bicyclic) bond motifs is 1. The standard InChI is InChI=1S/C21H20N4O8S3/c26-13(27)7-33-6-12-23-24-21(36-12)35-9-11-8-34-19-14(18(30)25(19)15(11)20(31)32)22-17(29)16(28)10-4-2-1-3-5-10/h1-5,14,16,19,28H,6-9H2,(H,22,29)(H,26,27)(H,31,32)/t14?,16-,19-/m1/s1. The number of amides is 2. The number of aliphatic hydroxyl groups excluding tert-OH is 1. The number of nitrogens with zero attached hydrogens (tertiary/aromatic N) is 3. The average molecular weight is 553 g/mol. The Balaban J connectivity index is 1.38. The van der Waals surface area contributed by atoms with E-state index in [1.165, 1.54) is 34.9 Å². The third-order valence-electron chi connectivity index (χ3n) is 5.18. The summed E-state index contributed by atoms with van der Waals surface area (Å²) in [6.45, 7) is -0.453. The molecule has 4 N–H and O–H groups in total. The molecule has 3 heterocycles.